The van der Waals surface area contributed by atoms with Gasteiger partial charge in [0.1, 0.15) is 0 Å². The molecule has 1 aliphatic heterocycles. The molecular weight excluding hydrogens is 407 g/mol. The molecule has 1 amide bonds. The van der Waals surface area contributed by atoms with Gasteiger partial charge in [-0.1, -0.05) is 0 Å². The largest absolute Gasteiger partial charge is 0.360 e. The van der Waals surface area contributed by atoms with Crippen molar-refractivity contribution in [2.45, 2.75) is 19.4 Å². The first-order valence-corrected chi connectivity index (χ1v) is 9.79. The summed E-state index contributed by atoms with van der Waals surface area (Å²) in [5.74, 6) is -4.17. The van der Waals surface area contributed by atoms with Crippen molar-refractivity contribution in [1.82, 2.24) is 24.6 Å². The lowest BCUT2D eigenvalue weighted by Crippen LogP contribution is -2.39. The molecule has 0 fully saturated rings. The number of rotatable bonds is 2. The fourth-order valence-corrected chi connectivity index (χ4v) is 4.38. The zero-order valence-electron chi connectivity index (χ0n) is 16.8. The number of nitrogens with zero attached hydrogens (tertiary/aromatic N) is 4. The molecule has 3 aromatic heterocycles. The number of aryl methyl sites for hydroxylation is 1. The van der Waals surface area contributed by atoms with Crippen molar-refractivity contribution in [3.05, 3.63) is 71.1 Å². The second-order valence-corrected chi connectivity index (χ2v) is 7.64. The molecule has 158 valence electrons. The molecule has 4 heterocycles. The number of amides is 1. The Morgan fingerprint density at radius 1 is 1.19 bits per heavy atom. The predicted molar refractivity (Wildman–Crippen MR) is 108 cm³/mol. The second-order valence-electron chi connectivity index (χ2n) is 7.64. The van der Waals surface area contributed by atoms with Crippen molar-refractivity contribution >= 4 is 16.8 Å². The van der Waals surface area contributed by atoms with Crippen molar-refractivity contribution in [3.8, 4) is 11.3 Å². The lowest BCUT2D eigenvalue weighted by molar-refractivity contribution is 0.0675. The first kappa shape index (κ1) is 19.3. The Hall–Kier alpha value is -3.62. The first-order valence-electron chi connectivity index (χ1n) is 9.79. The molecule has 1 aliphatic rings. The van der Waals surface area contributed by atoms with Crippen LogP contribution in [0.1, 0.15) is 34.6 Å². The van der Waals surface area contributed by atoms with Gasteiger partial charge < -0.3 is 9.88 Å². The quantitative estimate of drug-likeness (QED) is 0.491. The van der Waals surface area contributed by atoms with E-state index in [1.807, 2.05) is 13.0 Å². The maximum Gasteiger partial charge on any atom is 0.256 e. The number of halogens is 3. The van der Waals surface area contributed by atoms with Crippen LogP contribution in [0.4, 0.5) is 13.2 Å². The smallest absolute Gasteiger partial charge is 0.256 e. The van der Waals surface area contributed by atoms with Gasteiger partial charge in [0, 0.05) is 42.5 Å². The Kier molecular flexibility index (Phi) is 4.35. The summed E-state index contributed by atoms with van der Waals surface area (Å²) in [5, 5.41) is 5.32. The Balaban J connectivity index is 1.54. The van der Waals surface area contributed by atoms with Crippen LogP contribution in [0, 0.1) is 17.5 Å². The number of H-pyrrole nitrogens is 1. The van der Waals surface area contributed by atoms with Crippen LogP contribution >= 0.6 is 0 Å². The molecule has 0 saturated heterocycles. The molecule has 0 radical (unpaired) electrons. The lowest BCUT2D eigenvalue weighted by atomic mass is 9.95. The second kappa shape index (κ2) is 6.97. The lowest BCUT2D eigenvalue weighted by Gasteiger charge is -2.33. The van der Waals surface area contributed by atoms with Crippen molar-refractivity contribution in [2.75, 3.05) is 6.54 Å². The van der Waals surface area contributed by atoms with Crippen LogP contribution in [0.25, 0.3) is 22.2 Å². The Bertz CT molecular complexity index is 1320. The van der Waals surface area contributed by atoms with Gasteiger partial charge in [-0.25, -0.2) is 13.2 Å². The molecule has 0 unspecified atom stereocenters. The average Bonchev–Trinajstić information content (AvgIpc) is 3.35. The maximum absolute atomic E-state index is 13.8. The number of aromatic amines is 1. The molecule has 0 aliphatic carbocycles. The zero-order chi connectivity index (χ0) is 21.9. The third-order valence-corrected chi connectivity index (χ3v) is 5.87. The normalized spacial score (nSPS) is 16.0. The number of hydrogen-bond acceptors (Lipinski definition) is 3. The van der Waals surface area contributed by atoms with Crippen LogP contribution in [0.3, 0.4) is 0 Å². The van der Waals surface area contributed by atoms with E-state index in [-0.39, 0.29) is 17.5 Å². The van der Waals surface area contributed by atoms with Gasteiger partial charge >= 0.3 is 0 Å². The van der Waals surface area contributed by atoms with Crippen LogP contribution in [0.2, 0.25) is 0 Å². The fourth-order valence-electron chi connectivity index (χ4n) is 4.38. The van der Waals surface area contributed by atoms with E-state index in [0.29, 0.717) is 29.9 Å². The molecule has 0 saturated carbocycles. The van der Waals surface area contributed by atoms with Gasteiger partial charge in [-0.15, -0.1) is 0 Å². The van der Waals surface area contributed by atoms with E-state index >= 15 is 0 Å². The summed E-state index contributed by atoms with van der Waals surface area (Å²) in [6.07, 6.45) is 5.42. The van der Waals surface area contributed by atoms with Crippen LogP contribution < -0.4 is 0 Å². The summed E-state index contributed by atoms with van der Waals surface area (Å²) in [4.78, 5) is 22.2. The predicted octanol–water partition coefficient (Wildman–Crippen LogP) is 4.14. The number of hydrogen-bond donors (Lipinski definition) is 1. The van der Waals surface area contributed by atoms with Gasteiger partial charge in [0.2, 0.25) is 0 Å². The van der Waals surface area contributed by atoms with Crippen LogP contribution in [0.15, 0.2) is 36.8 Å². The van der Waals surface area contributed by atoms with Gasteiger partial charge in [-0.3, -0.25) is 14.5 Å². The van der Waals surface area contributed by atoms with E-state index in [0.717, 1.165) is 28.6 Å². The topological polar surface area (TPSA) is 66.8 Å². The molecule has 9 heteroatoms. The van der Waals surface area contributed by atoms with Gasteiger partial charge in [0.15, 0.2) is 17.5 Å². The standard InChI is InChI=1S/C22H18F3N5O/c1-11-20-14(21(29(2)28-20)12-7-16(23)19(25)17(24)8-12)4-6-30(11)22(31)15-9-26-10-18-13(15)3-5-27-18/h3,5,7-11,27H,4,6H2,1-2H3/t11-/m0/s1. The third-order valence-electron chi connectivity index (χ3n) is 5.87. The van der Waals surface area contributed by atoms with E-state index in [4.69, 9.17) is 0 Å². The molecule has 5 rings (SSSR count). The number of pyridine rings is 1. The Morgan fingerprint density at radius 2 is 1.94 bits per heavy atom. The van der Waals surface area contributed by atoms with Crippen LogP contribution in [0.5, 0.6) is 0 Å². The monoisotopic (exact) mass is 425 g/mol. The van der Waals surface area contributed by atoms with E-state index < -0.39 is 17.5 Å². The number of benzene rings is 1. The number of carbonyl (C=O) groups excluding carboxylic acids is 1. The first-order chi connectivity index (χ1) is 14.9. The molecule has 1 atom stereocenters. The highest BCUT2D eigenvalue weighted by molar-refractivity contribution is 6.06. The highest BCUT2D eigenvalue weighted by Gasteiger charge is 2.34. The Morgan fingerprint density at radius 3 is 2.68 bits per heavy atom. The molecule has 6 nitrogen and oxygen atoms in total. The number of aromatic nitrogens is 4. The number of nitrogens with one attached hydrogen (secondary N) is 1. The summed E-state index contributed by atoms with van der Waals surface area (Å²) in [5.41, 5.74) is 3.44. The fraction of sp³-hybridized carbons (Fsp3) is 0.227. The van der Waals surface area contributed by atoms with Gasteiger partial charge in [0.05, 0.1) is 34.7 Å². The SMILES string of the molecule is C[C@H]1c2nn(C)c(-c3cc(F)c(F)c(F)c3)c2CCN1C(=O)c1cncc2[nH]ccc12. The molecule has 0 spiro atoms. The van der Waals surface area contributed by atoms with Crippen molar-refractivity contribution in [1.29, 1.82) is 0 Å². The number of carbonyl (C=O) groups is 1. The van der Waals surface area contributed by atoms with Crippen LogP contribution in [-0.2, 0) is 13.5 Å². The van der Waals surface area contributed by atoms with E-state index in [2.05, 4.69) is 15.1 Å². The molecule has 31 heavy (non-hydrogen) atoms. The molecule has 1 aromatic carbocycles. The summed E-state index contributed by atoms with van der Waals surface area (Å²) in [6.45, 7) is 2.27. The summed E-state index contributed by atoms with van der Waals surface area (Å²) in [7, 11) is 1.66. The van der Waals surface area contributed by atoms with Gasteiger partial charge in [0.25, 0.3) is 5.91 Å². The van der Waals surface area contributed by atoms with Crippen molar-refractivity contribution < 1.29 is 18.0 Å². The third kappa shape index (κ3) is 2.91. The maximum atomic E-state index is 13.8. The van der Waals surface area contributed by atoms with E-state index in [1.54, 1.807) is 30.5 Å². The molecule has 0 bridgehead atoms. The van der Waals surface area contributed by atoms with Crippen molar-refractivity contribution in [2.24, 2.45) is 7.05 Å². The van der Waals surface area contributed by atoms with E-state index in [1.165, 1.54) is 4.68 Å². The minimum atomic E-state index is -1.50. The highest BCUT2D eigenvalue weighted by Crippen LogP contribution is 2.37. The molecule has 4 aromatic rings. The van der Waals surface area contributed by atoms with E-state index in [9.17, 15) is 18.0 Å². The Labute approximate surface area is 175 Å². The molecule has 1 N–H and O–H groups in total. The minimum Gasteiger partial charge on any atom is -0.360 e. The summed E-state index contributed by atoms with van der Waals surface area (Å²) < 4.78 is 42.6. The number of fused-ring (bicyclic) bond motifs is 2. The van der Waals surface area contributed by atoms with Gasteiger partial charge in [-0.2, -0.15) is 5.10 Å². The van der Waals surface area contributed by atoms with Gasteiger partial charge in [-0.05, 0) is 31.5 Å². The zero-order valence-corrected chi connectivity index (χ0v) is 16.8. The summed E-state index contributed by atoms with van der Waals surface area (Å²) in [6, 6.07) is 3.41. The summed E-state index contributed by atoms with van der Waals surface area (Å²) >= 11 is 0. The van der Waals surface area contributed by atoms with Crippen LogP contribution in [-0.4, -0.2) is 37.1 Å². The van der Waals surface area contributed by atoms with Crippen molar-refractivity contribution in [3.63, 3.8) is 0 Å². The minimum absolute atomic E-state index is 0.165. The molecular formula is C22H18F3N5O. The highest BCUT2D eigenvalue weighted by atomic mass is 19.2. The average molecular weight is 425 g/mol.